The van der Waals surface area contributed by atoms with Gasteiger partial charge in [0.1, 0.15) is 5.84 Å². The molecule has 3 heteroatoms. The summed E-state index contributed by atoms with van der Waals surface area (Å²) in [6.07, 6.45) is 1.00. The van der Waals surface area contributed by atoms with Crippen LogP contribution in [0.5, 0.6) is 0 Å². The third-order valence-corrected chi connectivity index (χ3v) is 1.86. The lowest BCUT2D eigenvalue weighted by Gasteiger charge is -2.00. The van der Waals surface area contributed by atoms with Crippen LogP contribution in [0.25, 0.3) is 0 Å². The summed E-state index contributed by atoms with van der Waals surface area (Å²) in [4.78, 5) is 4.19. The van der Waals surface area contributed by atoms with Gasteiger partial charge in [-0.1, -0.05) is 30.7 Å². The van der Waals surface area contributed by atoms with Gasteiger partial charge in [0.05, 0.1) is 0 Å². The van der Waals surface area contributed by atoms with Crippen LogP contribution in [-0.4, -0.2) is 12.4 Å². The lowest BCUT2D eigenvalue weighted by atomic mass is 10.2. The van der Waals surface area contributed by atoms with Crippen molar-refractivity contribution in [1.29, 1.82) is 0 Å². The molecule has 0 atom stereocenters. The van der Waals surface area contributed by atoms with E-state index in [1.165, 1.54) is 0 Å². The SMILES string of the molecule is CCCN=C(N)c1cccc(Cl)c1. The van der Waals surface area contributed by atoms with Crippen LogP contribution in [0.15, 0.2) is 29.3 Å². The van der Waals surface area contributed by atoms with E-state index in [-0.39, 0.29) is 0 Å². The largest absolute Gasteiger partial charge is 0.384 e. The fourth-order valence-corrected chi connectivity index (χ4v) is 1.16. The molecule has 0 spiro atoms. The van der Waals surface area contributed by atoms with Gasteiger partial charge in [-0.3, -0.25) is 4.99 Å². The minimum absolute atomic E-state index is 0.560. The van der Waals surface area contributed by atoms with Crippen LogP contribution in [0, 0.1) is 0 Å². The zero-order chi connectivity index (χ0) is 9.68. The molecule has 0 heterocycles. The van der Waals surface area contributed by atoms with Crippen molar-refractivity contribution in [3.05, 3.63) is 34.9 Å². The Balaban J connectivity index is 2.82. The van der Waals surface area contributed by atoms with Crippen LogP contribution in [0.1, 0.15) is 18.9 Å². The minimum Gasteiger partial charge on any atom is -0.384 e. The molecule has 13 heavy (non-hydrogen) atoms. The molecule has 0 saturated heterocycles. The molecule has 0 aliphatic heterocycles. The number of hydrogen-bond acceptors (Lipinski definition) is 1. The topological polar surface area (TPSA) is 38.4 Å². The molecule has 0 unspecified atom stereocenters. The van der Waals surface area contributed by atoms with E-state index in [9.17, 15) is 0 Å². The molecule has 0 aromatic heterocycles. The first kappa shape index (κ1) is 10.1. The van der Waals surface area contributed by atoms with Crippen LogP contribution < -0.4 is 5.73 Å². The second-order valence-electron chi connectivity index (χ2n) is 2.78. The summed E-state index contributed by atoms with van der Waals surface area (Å²) in [5.41, 5.74) is 6.63. The van der Waals surface area contributed by atoms with Crippen LogP contribution in [0.2, 0.25) is 5.02 Å². The molecule has 2 N–H and O–H groups in total. The molecule has 0 amide bonds. The van der Waals surface area contributed by atoms with E-state index in [1.807, 2.05) is 24.3 Å². The highest BCUT2D eigenvalue weighted by Gasteiger charge is 1.97. The minimum atomic E-state index is 0.560. The highest BCUT2D eigenvalue weighted by atomic mass is 35.5. The molecule has 0 aliphatic carbocycles. The van der Waals surface area contributed by atoms with Gasteiger partial charge in [-0.05, 0) is 18.6 Å². The number of rotatable bonds is 3. The molecule has 0 aliphatic rings. The lowest BCUT2D eigenvalue weighted by Crippen LogP contribution is -2.13. The van der Waals surface area contributed by atoms with E-state index in [0.29, 0.717) is 10.9 Å². The van der Waals surface area contributed by atoms with Gasteiger partial charge >= 0.3 is 0 Å². The number of benzene rings is 1. The van der Waals surface area contributed by atoms with Gasteiger partial charge in [0, 0.05) is 17.1 Å². The number of amidine groups is 1. The number of halogens is 1. The average molecular weight is 197 g/mol. The van der Waals surface area contributed by atoms with Crippen LogP contribution >= 0.6 is 11.6 Å². The van der Waals surface area contributed by atoms with Crippen molar-refractivity contribution in [2.45, 2.75) is 13.3 Å². The Bertz CT molecular complexity index is 308. The highest BCUT2D eigenvalue weighted by Crippen LogP contribution is 2.10. The molecule has 2 nitrogen and oxygen atoms in total. The molecule has 0 bridgehead atoms. The number of nitrogens with two attached hydrogens (primary N) is 1. The zero-order valence-electron chi connectivity index (χ0n) is 7.63. The maximum absolute atomic E-state index is 5.81. The molecule has 0 saturated carbocycles. The lowest BCUT2D eigenvalue weighted by molar-refractivity contribution is 0.930. The number of aliphatic imine (C=N–C) groups is 1. The molecule has 70 valence electrons. The predicted octanol–water partition coefficient (Wildman–Crippen LogP) is 2.46. The summed E-state index contributed by atoms with van der Waals surface area (Å²) in [6, 6.07) is 7.40. The van der Waals surface area contributed by atoms with Crippen molar-refractivity contribution >= 4 is 17.4 Å². The van der Waals surface area contributed by atoms with Crippen molar-refractivity contribution in [3.63, 3.8) is 0 Å². The summed E-state index contributed by atoms with van der Waals surface area (Å²) in [6.45, 7) is 2.83. The molecular weight excluding hydrogens is 184 g/mol. The van der Waals surface area contributed by atoms with Gasteiger partial charge in [-0.2, -0.15) is 0 Å². The summed E-state index contributed by atoms with van der Waals surface area (Å²) in [5.74, 6) is 0.560. The van der Waals surface area contributed by atoms with Crippen LogP contribution in [0.4, 0.5) is 0 Å². The third kappa shape index (κ3) is 3.07. The molecule has 0 radical (unpaired) electrons. The molecular formula is C10H13ClN2. The van der Waals surface area contributed by atoms with E-state index in [0.717, 1.165) is 18.5 Å². The number of nitrogens with zero attached hydrogens (tertiary/aromatic N) is 1. The Morgan fingerprint density at radius 3 is 2.92 bits per heavy atom. The Hall–Kier alpha value is -1.02. The fourth-order valence-electron chi connectivity index (χ4n) is 0.971. The molecule has 1 aromatic rings. The van der Waals surface area contributed by atoms with E-state index in [1.54, 1.807) is 0 Å². The van der Waals surface area contributed by atoms with E-state index < -0.39 is 0 Å². The smallest absolute Gasteiger partial charge is 0.125 e. The number of hydrogen-bond donors (Lipinski definition) is 1. The Kier molecular flexibility index (Phi) is 3.77. The second kappa shape index (κ2) is 4.87. The van der Waals surface area contributed by atoms with Crippen molar-refractivity contribution in [2.24, 2.45) is 10.7 Å². The quantitative estimate of drug-likeness (QED) is 0.586. The van der Waals surface area contributed by atoms with Gasteiger partial charge in [-0.25, -0.2) is 0 Å². The first-order chi connectivity index (χ1) is 6.24. The van der Waals surface area contributed by atoms with Gasteiger partial charge in [0.15, 0.2) is 0 Å². The normalized spacial score (nSPS) is 11.7. The maximum atomic E-state index is 5.81. The predicted molar refractivity (Wildman–Crippen MR) is 57.3 cm³/mol. The molecule has 1 aromatic carbocycles. The summed E-state index contributed by atoms with van der Waals surface area (Å²) < 4.78 is 0. The first-order valence-corrected chi connectivity index (χ1v) is 4.67. The fraction of sp³-hybridized carbons (Fsp3) is 0.300. The monoisotopic (exact) mass is 196 g/mol. The Labute approximate surface area is 83.4 Å². The van der Waals surface area contributed by atoms with E-state index >= 15 is 0 Å². The molecule has 1 rings (SSSR count). The zero-order valence-corrected chi connectivity index (χ0v) is 8.38. The Morgan fingerprint density at radius 2 is 2.31 bits per heavy atom. The van der Waals surface area contributed by atoms with E-state index in [4.69, 9.17) is 17.3 Å². The highest BCUT2D eigenvalue weighted by molar-refractivity contribution is 6.31. The van der Waals surface area contributed by atoms with Gasteiger partial charge < -0.3 is 5.73 Å². The van der Waals surface area contributed by atoms with Gasteiger partial charge in [0.2, 0.25) is 0 Å². The maximum Gasteiger partial charge on any atom is 0.125 e. The Morgan fingerprint density at radius 1 is 1.54 bits per heavy atom. The summed E-state index contributed by atoms with van der Waals surface area (Å²) in [7, 11) is 0. The van der Waals surface area contributed by atoms with Crippen molar-refractivity contribution in [1.82, 2.24) is 0 Å². The second-order valence-corrected chi connectivity index (χ2v) is 3.21. The van der Waals surface area contributed by atoms with Crippen molar-refractivity contribution in [2.75, 3.05) is 6.54 Å². The van der Waals surface area contributed by atoms with Crippen molar-refractivity contribution in [3.8, 4) is 0 Å². The summed E-state index contributed by atoms with van der Waals surface area (Å²) >= 11 is 5.81. The summed E-state index contributed by atoms with van der Waals surface area (Å²) in [5, 5.41) is 0.687. The third-order valence-electron chi connectivity index (χ3n) is 1.63. The van der Waals surface area contributed by atoms with Crippen LogP contribution in [0.3, 0.4) is 0 Å². The van der Waals surface area contributed by atoms with Crippen LogP contribution in [-0.2, 0) is 0 Å². The van der Waals surface area contributed by atoms with Crippen molar-refractivity contribution < 1.29 is 0 Å². The van der Waals surface area contributed by atoms with Gasteiger partial charge in [-0.15, -0.1) is 0 Å². The first-order valence-electron chi connectivity index (χ1n) is 4.30. The standard InChI is InChI=1S/C10H13ClN2/c1-2-6-13-10(12)8-4-3-5-9(11)7-8/h3-5,7H,2,6H2,1H3,(H2,12,13). The van der Waals surface area contributed by atoms with E-state index in [2.05, 4.69) is 11.9 Å². The van der Waals surface area contributed by atoms with Gasteiger partial charge in [0.25, 0.3) is 0 Å². The average Bonchev–Trinajstić information content (AvgIpc) is 2.14. The molecule has 0 fully saturated rings.